The standard InChI is InChI=1S/C15H14FNO3/c1-3-11-7-10(15(18)19)8-14(17-11)20-12-4-5-13(16)9(2)6-12/h4-8H,3H2,1-2H3,(H,18,19). The first-order valence-electron chi connectivity index (χ1n) is 6.18. The molecular formula is C15H14FNO3. The Bertz CT molecular complexity index is 656. The minimum atomic E-state index is -1.04. The van der Waals surface area contributed by atoms with E-state index < -0.39 is 5.97 Å². The first-order valence-corrected chi connectivity index (χ1v) is 6.18. The number of aryl methyl sites for hydroxylation is 2. The molecule has 1 N–H and O–H groups in total. The van der Waals surface area contributed by atoms with Gasteiger partial charge in [-0.15, -0.1) is 0 Å². The highest BCUT2D eigenvalue weighted by Crippen LogP contribution is 2.23. The minimum absolute atomic E-state index is 0.116. The van der Waals surface area contributed by atoms with Gasteiger partial charge in [-0.1, -0.05) is 6.92 Å². The quantitative estimate of drug-likeness (QED) is 0.926. The largest absolute Gasteiger partial charge is 0.478 e. The monoisotopic (exact) mass is 275 g/mol. The summed E-state index contributed by atoms with van der Waals surface area (Å²) in [4.78, 5) is 15.2. The van der Waals surface area contributed by atoms with Crippen molar-refractivity contribution in [2.24, 2.45) is 0 Å². The predicted octanol–water partition coefficient (Wildman–Crippen LogP) is 3.58. The molecule has 2 rings (SSSR count). The summed E-state index contributed by atoms with van der Waals surface area (Å²) in [6, 6.07) is 7.16. The molecule has 0 aliphatic heterocycles. The van der Waals surface area contributed by atoms with Gasteiger partial charge in [-0.25, -0.2) is 14.2 Å². The summed E-state index contributed by atoms with van der Waals surface area (Å²) in [5, 5.41) is 9.04. The Balaban J connectivity index is 2.34. The smallest absolute Gasteiger partial charge is 0.335 e. The maximum atomic E-state index is 13.2. The van der Waals surface area contributed by atoms with Gasteiger partial charge in [0, 0.05) is 11.8 Å². The van der Waals surface area contributed by atoms with E-state index >= 15 is 0 Å². The molecule has 0 bridgehead atoms. The van der Waals surface area contributed by atoms with E-state index in [1.165, 1.54) is 30.3 Å². The van der Waals surface area contributed by atoms with Gasteiger partial charge in [0.2, 0.25) is 5.88 Å². The van der Waals surface area contributed by atoms with Crippen molar-refractivity contribution < 1.29 is 19.0 Å². The SMILES string of the molecule is CCc1cc(C(=O)O)cc(Oc2ccc(F)c(C)c2)n1. The Morgan fingerprint density at radius 1 is 1.35 bits per heavy atom. The number of rotatable bonds is 4. The molecule has 5 heteroatoms. The molecule has 1 aromatic carbocycles. The van der Waals surface area contributed by atoms with Crippen molar-refractivity contribution >= 4 is 5.97 Å². The summed E-state index contributed by atoms with van der Waals surface area (Å²) in [7, 11) is 0. The molecule has 0 atom stereocenters. The molecule has 0 spiro atoms. The van der Waals surface area contributed by atoms with Crippen LogP contribution in [0, 0.1) is 12.7 Å². The van der Waals surface area contributed by atoms with Gasteiger partial charge < -0.3 is 9.84 Å². The first-order chi connectivity index (χ1) is 9.49. The second-order valence-electron chi connectivity index (χ2n) is 4.36. The van der Waals surface area contributed by atoms with Crippen LogP contribution in [0.25, 0.3) is 0 Å². The first kappa shape index (κ1) is 14.0. The lowest BCUT2D eigenvalue weighted by molar-refractivity contribution is 0.0696. The number of carboxylic acid groups (broad SMARTS) is 1. The number of ether oxygens (including phenoxy) is 1. The van der Waals surface area contributed by atoms with Crippen molar-refractivity contribution in [2.45, 2.75) is 20.3 Å². The van der Waals surface area contributed by atoms with Crippen LogP contribution < -0.4 is 4.74 Å². The number of benzene rings is 1. The second-order valence-corrected chi connectivity index (χ2v) is 4.36. The van der Waals surface area contributed by atoms with Crippen molar-refractivity contribution in [1.82, 2.24) is 4.98 Å². The Morgan fingerprint density at radius 2 is 2.10 bits per heavy atom. The molecule has 0 aliphatic carbocycles. The molecular weight excluding hydrogens is 261 g/mol. The molecule has 0 fully saturated rings. The topological polar surface area (TPSA) is 59.4 Å². The summed E-state index contributed by atoms with van der Waals surface area (Å²) in [6.07, 6.45) is 0.597. The lowest BCUT2D eigenvalue weighted by atomic mass is 10.2. The summed E-state index contributed by atoms with van der Waals surface area (Å²) in [6.45, 7) is 3.50. The van der Waals surface area contributed by atoms with Crippen LogP contribution in [0.1, 0.15) is 28.5 Å². The van der Waals surface area contributed by atoms with Gasteiger partial charge >= 0.3 is 5.97 Å². The molecule has 104 valence electrons. The Labute approximate surface area is 115 Å². The highest BCUT2D eigenvalue weighted by molar-refractivity contribution is 5.88. The Kier molecular flexibility index (Phi) is 3.98. The number of carbonyl (C=O) groups is 1. The van der Waals surface area contributed by atoms with Crippen LogP contribution in [0.15, 0.2) is 30.3 Å². The van der Waals surface area contributed by atoms with Gasteiger partial charge in [-0.05, 0) is 43.2 Å². The highest BCUT2D eigenvalue weighted by Gasteiger charge is 2.10. The zero-order valence-electron chi connectivity index (χ0n) is 11.2. The third-order valence-electron chi connectivity index (χ3n) is 2.82. The predicted molar refractivity (Wildman–Crippen MR) is 71.8 cm³/mol. The van der Waals surface area contributed by atoms with Gasteiger partial charge in [0.05, 0.1) is 5.56 Å². The van der Waals surface area contributed by atoms with E-state index in [1.807, 2.05) is 6.92 Å². The number of halogens is 1. The van der Waals surface area contributed by atoms with E-state index in [9.17, 15) is 9.18 Å². The van der Waals surface area contributed by atoms with Gasteiger partial charge in [-0.2, -0.15) is 0 Å². The maximum absolute atomic E-state index is 13.2. The summed E-state index contributed by atoms with van der Waals surface area (Å²) in [5.41, 5.74) is 1.19. The van der Waals surface area contributed by atoms with Crippen molar-refractivity contribution in [3.8, 4) is 11.6 Å². The van der Waals surface area contributed by atoms with Gasteiger partial charge in [0.15, 0.2) is 0 Å². The molecule has 20 heavy (non-hydrogen) atoms. The average Bonchev–Trinajstić information content (AvgIpc) is 2.42. The number of aromatic nitrogens is 1. The molecule has 0 radical (unpaired) electrons. The number of nitrogens with zero attached hydrogens (tertiary/aromatic N) is 1. The van der Waals surface area contributed by atoms with Crippen molar-refractivity contribution in [3.63, 3.8) is 0 Å². The highest BCUT2D eigenvalue weighted by atomic mass is 19.1. The number of aromatic carboxylic acids is 1. The molecule has 0 saturated carbocycles. The molecule has 0 saturated heterocycles. The third kappa shape index (κ3) is 3.12. The normalized spacial score (nSPS) is 10.3. The van der Waals surface area contributed by atoms with E-state index in [0.29, 0.717) is 23.4 Å². The van der Waals surface area contributed by atoms with Gasteiger partial charge in [-0.3, -0.25) is 0 Å². The summed E-state index contributed by atoms with van der Waals surface area (Å²) in [5.74, 6) is -0.755. The van der Waals surface area contributed by atoms with Crippen molar-refractivity contribution in [2.75, 3.05) is 0 Å². The number of hydrogen-bond acceptors (Lipinski definition) is 3. The van der Waals surface area contributed by atoms with E-state index in [-0.39, 0.29) is 17.3 Å². The minimum Gasteiger partial charge on any atom is -0.478 e. The second kappa shape index (κ2) is 5.69. The molecule has 4 nitrogen and oxygen atoms in total. The van der Waals surface area contributed by atoms with Crippen LogP contribution in [0.4, 0.5) is 4.39 Å². The van der Waals surface area contributed by atoms with E-state index in [0.717, 1.165) is 0 Å². The van der Waals surface area contributed by atoms with Crippen LogP contribution in [0.5, 0.6) is 11.6 Å². The summed E-state index contributed by atoms with van der Waals surface area (Å²) >= 11 is 0. The van der Waals surface area contributed by atoms with Gasteiger partial charge in [0.25, 0.3) is 0 Å². The van der Waals surface area contributed by atoms with Gasteiger partial charge in [0.1, 0.15) is 11.6 Å². The fourth-order valence-corrected chi connectivity index (χ4v) is 1.72. The zero-order valence-corrected chi connectivity index (χ0v) is 11.2. The molecule has 1 aromatic heterocycles. The van der Waals surface area contributed by atoms with E-state index in [4.69, 9.17) is 9.84 Å². The molecule has 0 unspecified atom stereocenters. The van der Waals surface area contributed by atoms with Crippen LogP contribution >= 0.6 is 0 Å². The Hall–Kier alpha value is -2.43. The molecule has 0 aliphatic rings. The van der Waals surface area contributed by atoms with Crippen molar-refractivity contribution in [1.29, 1.82) is 0 Å². The van der Waals surface area contributed by atoms with E-state index in [1.54, 1.807) is 6.92 Å². The average molecular weight is 275 g/mol. The van der Waals surface area contributed by atoms with Crippen LogP contribution in [0.2, 0.25) is 0 Å². The van der Waals surface area contributed by atoms with Crippen molar-refractivity contribution in [3.05, 3.63) is 53.0 Å². The Morgan fingerprint density at radius 3 is 2.70 bits per heavy atom. The maximum Gasteiger partial charge on any atom is 0.335 e. The molecule has 0 amide bonds. The fraction of sp³-hybridized carbons (Fsp3) is 0.200. The zero-order chi connectivity index (χ0) is 14.7. The van der Waals surface area contributed by atoms with Crippen LogP contribution in [-0.4, -0.2) is 16.1 Å². The van der Waals surface area contributed by atoms with Crippen LogP contribution in [0.3, 0.4) is 0 Å². The molecule has 2 aromatic rings. The lowest BCUT2D eigenvalue weighted by Gasteiger charge is -2.08. The molecule has 1 heterocycles. The van der Waals surface area contributed by atoms with E-state index in [2.05, 4.69) is 4.98 Å². The number of carboxylic acids is 1. The number of pyridine rings is 1. The number of hydrogen-bond donors (Lipinski definition) is 1. The fourth-order valence-electron chi connectivity index (χ4n) is 1.72. The summed E-state index contributed by atoms with van der Waals surface area (Å²) < 4.78 is 18.7. The van der Waals surface area contributed by atoms with Crippen LogP contribution in [-0.2, 0) is 6.42 Å². The third-order valence-corrected chi connectivity index (χ3v) is 2.82. The lowest BCUT2D eigenvalue weighted by Crippen LogP contribution is -2.01.